The van der Waals surface area contributed by atoms with Crippen LogP contribution in [0.3, 0.4) is 0 Å². The van der Waals surface area contributed by atoms with E-state index in [4.69, 9.17) is 11.6 Å². The molecule has 7 nitrogen and oxygen atoms in total. The molecule has 2 amide bonds. The number of nitrogens with zero attached hydrogens (tertiary/aromatic N) is 2. The zero-order chi connectivity index (χ0) is 35.9. The third-order valence-electron chi connectivity index (χ3n) is 8.85. The highest BCUT2D eigenvalue weighted by atomic mass is 35.5. The lowest BCUT2D eigenvalue weighted by Crippen LogP contribution is -2.55. The molecule has 0 saturated heterocycles. The van der Waals surface area contributed by atoms with Gasteiger partial charge in [0.15, 0.2) is 0 Å². The number of amides is 2. The Kier molecular flexibility index (Phi) is 11.9. The van der Waals surface area contributed by atoms with E-state index in [2.05, 4.69) is 5.32 Å². The monoisotopic (exact) mass is 725 g/mol. The first-order valence-corrected chi connectivity index (χ1v) is 18.3. The fourth-order valence-electron chi connectivity index (χ4n) is 6.10. The second-order valence-electron chi connectivity index (χ2n) is 12.5. The first kappa shape index (κ1) is 36.9. The Morgan fingerprint density at radius 3 is 2.10 bits per heavy atom. The van der Waals surface area contributed by atoms with E-state index in [-0.39, 0.29) is 28.9 Å². The van der Waals surface area contributed by atoms with Crippen molar-refractivity contribution in [1.29, 1.82) is 0 Å². The molecule has 5 rings (SSSR count). The van der Waals surface area contributed by atoms with Crippen LogP contribution in [0.4, 0.5) is 18.9 Å². The summed E-state index contributed by atoms with van der Waals surface area (Å²) in [5, 5.41) is 2.83. The van der Waals surface area contributed by atoms with Crippen LogP contribution >= 0.6 is 11.6 Å². The maximum absolute atomic E-state index is 14.7. The average molecular weight is 726 g/mol. The van der Waals surface area contributed by atoms with E-state index >= 15 is 0 Å². The molecule has 0 aliphatic heterocycles. The van der Waals surface area contributed by atoms with Crippen molar-refractivity contribution < 1.29 is 31.2 Å². The second-order valence-corrected chi connectivity index (χ2v) is 14.8. The lowest BCUT2D eigenvalue weighted by molar-refractivity contribution is -0.140. The average Bonchev–Trinajstić information content (AvgIpc) is 3.10. The molecule has 4 aromatic rings. The smallest absolute Gasteiger partial charge is 0.352 e. The topological polar surface area (TPSA) is 86.8 Å². The zero-order valence-corrected chi connectivity index (χ0v) is 29.1. The van der Waals surface area contributed by atoms with Crippen LogP contribution in [0.2, 0.25) is 5.02 Å². The van der Waals surface area contributed by atoms with Gasteiger partial charge in [0, 0.05) is 19.0 Å². The molecule has 1 atom stereocenters. The number of aryl methyl sites for hydroxylation is 1. The Morgan fingerprint density at radius 1 is 0.860 bits per heavy atom. The fraction of sp³-hybridized carbons (Fsp3) is 0.316. The van der Waals surface area contributed by atoms with Gasteiger partial charge in [0.05, 0.1) is 21.2 Å². The van der Waals surface area contributed by atoms with E-state index < -0.39 is 51.9 Å². The molecule has 0 unspecified atom stereocenters. The predicted molar refractivity (Wildman–Crippen MR) is 188 cm³/mol. The number of hydrogen-bond donors (Lipinski definition) is 1. The molecule has 0 radical (unpaired) electrons. The molecule has 0 heterocycles. The van der Waals surface area contributed by atoms with Crippen LogP contribution in [0.5, 0.6) is 0 Å². The van der Waals surface area contributed by atoms with Gasteiger partial charge in [0.1, 0.15) is 12.6 Å². The lowest BCUT2D eigenvalue weighted by Gasteiger charge is -2.35. The van der Waals surface area contributed by atoms with Gasteiger partial charge in [-0.15, -0.1) is 0 Å². The Balaban J connectivity index is 1.61. The van der Waals surface area contributed by atoms with E-state index in [1.54, 1.807) is 6.07 Å². The van der Waals surface area contributed by atoms with Crippen LogP contribution in [0.15, 0.2) is 108 Å². The van der Waals surface area contributed by atoms with Gasteiger partial charge in [-0.25, -0.2) is 8.42 Å². The maximum atomic E-state index is 14.7. The van der Waals surface area contributed by atoms with Gasteiger partial charge in [0.25, 0.3) is 10.0 Å². The van der Waals surface area contributed by atoms with E-state index in [1.807, 2.05) is 61.5 Å². The summed E-state index contributed by atoms with van der Waals surface area (Å²) < 4.78 is 70.7. The van der Waals surface area contributed by atoms with Crippen molar-refractivity contribution in [2.45, 2.75) is 75.1 Å². The Morgan fingerprint density at radius 2 is 1.48 bits per heavy atom. The molecule has 0 bridgehead atoms. The van der Waals surface area contributed by atoms with Gasteiger partial charge >= 0.3 is 6.18 Å². The van der Waals surface area contributed by atoms with Crippen LogP contribution in [-0.2, 0) is 38.8 Å². The van der Waals surface area contributed by atoms with Crippen LogP contribution in [0.25, 0.3) is 0 Å². The molecular weight excluding hydrogens is 687 g/mol. The number of sulfonamides is 1. The maximum Gasteiger partial charge on any atom is 0.416 e. The number of halogens is 4. The number of carbonyl (C=O) groups is 2. The van der Waals surface area contributed by atoms with E-state index in [0.717, 1.165) is 55.4 Å². The molecular formula is C38H39ClF3N3O4S. The summed E-state index contributed by atoms with van der Waals surface area (Å²) in [6.45, 7) is 0.921. The van der Waals surface area contributed by atoms with Crippen LogP contribution < -0.4 is 9.62 Å². The van der Waals surface area contributed by atoms with Crippen LogP contribution in [0.1, 0.15) is 54.4 Å². The van der Waals surface area contributed by atoms with Crippen molar-refractivity contribution in [2.75, 3.05) is 10.8 Å². The van der Waals surface area contributed by atoms with Crippen molar-refractivity contribution in [3.05, 3.63) is 130 Å². The number of alkyl halides is 3. The quantitative estimate of drug-likeness (QED) is 0.161. The molecule has 1 saturated carbocycles. The summed E-state index contributed by atoms with van der Waals surface area (Å²) in [4.78, 5) is 30.0. The van der Waals surface area contributed by atoms with Crippen molar-refractivity contribution >= 4 is 39.1 Å². The van der Waals surface area contributed by atoms with E-state index in [0.29, 0.717) is 15.9 Å². The lowest BCUT2D eigenvalue weighted by atomic mass is 9.94. The standard InChI is InChI=1S/C38H39ClF3N3O4S/c1-27-17-19-29(20-18-27)25-44(35(23-28-11-5-2-6-12-28)37(47)43-31-13-7-3-8-14-31)36(46)26-45(50(48,49)32-15-9-4-10-16-32)34-24-30(38(40,41)42)21-22-33(34)39/h2,4-6,9-12,15-22,24,31,35H,3,7-8,13-14,23,25-26H2,1H3,(H,43,47)/t35-/m1/s1. The highest BCUT2D eigenvalue weighted by Gasteiger charge is 2.38. The summed E-state index contributed by atoms with van der Waals surface area (Å²) >= 11 is 6.41. The minimum absolute atomic E-state index is 0.0652. The number of hydrogen-bond acceptors (Lipinski definition) is 4. The first-order chi connectivity index (χ1) is 23.8. The summed E-state index contributed by atoms with van der Waals surface area (Å²) in [7, 11) is -4.64. The van der Waals surface area contributed by atoms with E-state index in [9.17, 15) is 31.2 Å². The highest BCUT2D eigenvalue weighted by Crippen LogP contribution is 2.37. The third-order valence-corrected chi connectivity index (χ3v) is 10.9. The Hall–Kier alpha value is -4.35. The third kappa shape index (κ3) is 9.25. The molecule has 1 aliphatic carbocycles. The molecule has 1 N–H and O–H groups in total. The molecule has 1 fully saturated rings. The zero-order valence-electron chi connectivity index (χ0n) is 27.6. The van der Waals surface area contributed by atoms with Gasteiger partial charge in [-0.05, 0) is 61.2 Å². The number of nitrogens with one attached hydrogen (secondary N) is 1. The number of rotatable bonds is 12. The van der Waals surface area contributed by atoms with Gasteiger partial charge in [-0.3, -0.25) is 13.9 Å². The molecule has 4 aromatic carbocycles. The summed E-state index contributed by atoms with van der Waals surface area (Å²) in [6.07, 6.45) is -0.107. The molecule has 50 heavy (non-hydrogen) atoms. The summed E-state index contributed by atoms with van der Waals surface area (Å²) in [5.41, 5.74) is 0.778. The molecule has 12 heteroatoms. The van der Waals surface area contributed by atoms with E-state index in [1.165, 1.54) is 29.2 Å². The first-order valence-electron chi connectivity index (χ1n) is 16.5. The number of carbonyl (C=O) groups excluding carboxylic acids is 2. The van der Waals surface area contributed by atoms with Crippen molar-refractivity contribution in [3.8, 4) is 0 Å². The molecule has 0 spiro atoms. The minimum Gasteiger partial charge on any atom is -0.352 e. The van der Waals surface area contributed by atoms with Gasteiger partial charge in [0.2, 0.25) is 11.8 Å². The Bertz CT molecular complexity index is 1870. The van der Waals surface area contributed by atoms with Crippen molar-refractivity contribution in [2.24, 2.45) is 0 Å². The summed E-state index contributed by atoms with van der Waals surface area (Å²) in [5.74, 6) is -1.19. The van der Waals surface area contributed by atoms with Crippen molar-refractivity contribution in [1.82, 2.24) is 10.2 Å². The predicted octanol–water partition coefficient (Wildman–Crippen LogP) is 7.95. The molecule has 1 aliphatic rings. The largest absolute Gasteiger partial charge is 0.416 e. The van der Waals surface area contributed by atoms with Gasteiger partial charge in [-0.2, -0.15) is 13.2 Å². The van der Waals surface area contributed by atoms with Crippen LogP contribution in [-0.4, -0.2) is 43.8 Å². The highest BCUT2D eigenvalue weighted by molar-refractivity contribution is 7.92. The van der Waals surface area contributed by atoms with Crippen LogP contribution in [0, 0.1) is 6.92 Å². The number of anilines is 1. The SMILES string of the molecule is Cc1ccc(CN(C(=O)CN(c2cc(C(F)(F)F)ccc2Cl)S(=O)(=O)c2ccccc2)[C@H](Cc2ccccc2)C(=O)NC2CCCCC2)cc1. The molecule has 264 valence electrons. The number of benzene rings is 4. The molecule has 0 aromatic heterocycles. The minimum atomic E-state index is -4.82. The Labute approximate surface area is 296 Å². The fourth-order valence-corrected chi connectivity index (χ4v) is 7.82. The summed E-state index contributed by atoms with van der Waals surface area (Å²) in [6, 6.07) is 24.8. The van der Waals surface area contributed by atoms with Gasteiger partial charge in [-0.1, -0.05) is 109 Å². The van der Waals surface area contributed by atoms with Crippen molar-refractivity contribution in [3.63, 3.8) is 0 Å². The second kappa shape index (κ2) is 16.1. The van der Waals surface area contributed by atoms with Gasteiger partial charge < -0.3 is 10.2 Å². The normalized spacial score (nSPS) is 14.5.